The smallest absolute Gasteiger partial charge is 0.248 e. The van der Waals surface area contributed by atoms with Crippen LogP contribution in [0.3, 0.4) is 0 Å². The van der Waals surface area contributed by atoms with Gasteiger partial charge in [-0.05, 0) is 34.5 Å². The molecule has 0 aliphatic heterocycles. The fourth-order valence-corrected chi connectivity index (χ4v) is 3.92. The standard InChI is InChI=1S/C22H20N2O2S/c1-24(13-16-10-11-17-6-2-3-7-18(17)12-16)22(25)15-26-14-21-23-19-8-4-5-9-20(19)27-21/h2-12H,13-15H2,1H3. The Morgan fingerprint density at radius 2 is 1.81 bits per heavy atom. The molecular formula is C22H20N2O2S. The third kappa shape index (κ3) is 4.15. The van der Waals surface area contributed by atoms with Gasteiger partial charge in [0.05, 0.1) is 16.8 Å². The topological polar surface area (TPSA) is 42.4 Å². The van der Waals surface area contributed by atoms with Gasteiger partial charge in [0.1, 0.15) is 11.6 Å². The molecule has 0 bridgehead atoms. The van der Waals surface area contributed by atoms with Crippen LogP contribution < -0.4 is 0 Å². The Bertz CT molecular complexity index is 1060. The molecule has 1 amide bonds. The molecule has 0 fully saturated rings. The average Bonchev–Trinajstić information content (AvgIpc) is 3.10. The molecule has 4 aromatic rings. The number of aromatic nitrogens is 1. The maximum atomic E-state index is 12.4. The first-order chi connectivity index (χ1) is 13.2. The third-order valence-corrected chi connectivity index (χ3v) is 5.46. The Balaban J connectivity index is 1.31. The predicted octanol–water partition coefficient (Wildman–Crippen LogP) is 4.62. The molecular weight excluding hydrogens is 356 g/mol. The van der Waals surface area contributed by atoms with Crippen molar-refractivity contribution in [1.29, 1.82) is 0 Å². The van der Waals surface area contributed by atoms with E-state index in [0.29, 0.717) is 13.2 Å². The van der Waals surface area contributed by atoms with Gasteiger partial charge in [-0.25, -0.2) is 4.98 Å². The van der Waals surface area contributed by atoms with Crippen LogP contribution in [0.2, 0.25) is 0 Å². The molecule has 0 spiro atoms. The lowest BCUT2D eigenvalue weighted by atomic mass is 10.1. The number of carbonyl (C=O) groups is 1. The number of para-hydroxylation sites is 1. The Hall–Kier alpha value is -2.76. The first-order valence-electron chi connectivity index (χ1n) is 8.83. The molecule has 136 valence electrons. The lowest BCUT2D eigenvalue weighted by Crippen LogP contribution is -2.29. The van der Waals surface area contributed by atoms with E-state index < -0.39 is 0 Å². The van der Waals surface area contributed by atoms with E-state index in [1.165, 1.54) is 10.8 Å². The van der Waals surface area contributed by atoms with E-state index in [9.17, 15) is 4.79 Å². The van der Waals surface area contributed by atoms with Crippen LogP contribution in [0.25, 0.3) is 21.0 Å². The number of hydrogen-bond acceptors (Lipinski definition) is 4. The molecule has 0 saturated heterocycles. The number of rotatable bonds is 6. The molecule has 0 N–H and O–H groups in total. The fraction of sp³-hybridized carbons (Fsp3) is 0.182. The minimum atomic E-state index is -0.0377. The summed E-state index contributed by atoms with van der Waals surface area (Å²) in [5.74, 6) is -0.0377. The van der Waals surface area contributed by atoms with Gasteiger partial charge in [0.2, 0.25) is 5.91 Å². The van der Waals surface area contributed by atoms with Crippen LogP contribution in [-0.4, -0.2) is 29.4 Å². The summed E-state index contributed by atoms with van der Waals surface area (Å²) in [6, 6.07) is 22.5. The fourth-order valence-electron chi connectivity index (χ4n) is 3.02. The second-order valence-electron chi connectivity index (χ2n) is 6.50. The summed E-state index contributed by atoms with van der Waals surface area (Å²) in [4.78, 5) is 18.6. The number of nitrogens with zero attached hydrogens (tertiary/aromatic N) is 2. The van der Waals surface area contributed by atoms with Gasteiger partial charge in [0.25, 0.3) is 0 Å². The molecule has 1 heterocycles. The van der Waals surface area contributed by atoms with Crippen molar-refractivity contribution in [1.82, 2.24) is 9.88 Å². The molecule has 4 rings (SSSR count). The van der Waals surface area contributed by atoms with Crippen LogP contribution in [0, 0.1) is 0 Å². The minimum Gasteiger partial charge on any atom is -0.364 e. The number of fused-ring (bicyclic) bond motifs is 2. The quantitative estimate of drug-likeness (QED) is 0.493. The van der Waals surface area contributed by atoms with Gasteiger partial charge in [-0.15, -0.1) is 11.3 Å². The van der Waals surface area contributed by atoms with E-state index in [0.717, 1.165) is 20.8 Å². The highest BCUT2D eigenvalue weighted by molar-refractivity contribution is 7.18. The van der Waals surface area contributed by atoms with E-state index in [1.807, 2.05) is 36.4 Å². The summed E-state index contributed by atoms with van der Waals surface area (Å²) in [7, 11) is 1.80. The van der Waals surface area contributed by atoms with Gasteiger partial charge in [0, 0.05) is 13.6 Å². The highest BCUT2D eigenvalue weighted by atomic mass is 32.1. The van der Waals surface area contributed by atoms with Gasteiger partial charge in [-0.3, -0.25) is 4.79 Å². The Labute approximate surface area is 162 Å². The lowest BCUT2D eigenvalue weighted by molar-refractivity contribution is -0.135. The second kappa shape index (κ2) is 7.86. The number of amides is 1. The van der Waals surface area contributed by atoms with Crippen LogP contribution >= 0.6 is 11.3 Å². The highest BCUT2D eigenvalue weighted by Gasteiger charge is 2.11. The van der Waals surface area contributed by atoms with Gasteiger partial charge in [-0.2, -0.15) is 0 Å². The zero-order valence-electron chi connectivity index (χ0n) is 15.1. The highest BCUT2D eigenvalue weighted by Crippen LogP contribution is 2.22. The van der Waals surface area contributed by atoms with Crippen molar-refractivity contribution in [3.8, 4) is 0 Å². The van der Waals surface area contributed by atoms with Gasteiger partial charge in [0.15, 0.2) is 0 Å². The summed E-state index contributed by atoms with van der Waals surface area (Å²) in [6.07, 6.45) is 0. The largest absolute Gasteiger partial charge is 0.364 e. The lowest BCUT2D eigenvalue weighted by Gasteiger charge is -2.17. The van der Waals surface area contributed by atoms with Crippen molar-refractivity contribution >= 4 is 38.2 Å². The average molecular weight is 376 g/mol. The molecule has 0 atom stereocenters. The molecule has 0 aliphatic rings. The van der Waals surface area contributed by atoms with E-state index >= 15 is 0 Å². The van der Waals surface area contributed by atoms with Crippen molar-refractivity contribution < 1.29 is 9.53 Å². The van der Waals surface area contributed by atoms with Crippen LogP contribution in [0.1, 0.15) is 10.6 Å². The number of ether oxygens (including phenoxy) is 1. The van der Waals surface area contributed by atoms with Crippen LogP contribution in [0.4, 0.5) is 0 Å². The molecule has 4 nitrogen and oxygen atoms in total. The first kappa shape index (κ1) is 17.6. The maximum Gasteiger partial charge on any atom is 0.248 e. The zero-order valence-corrected chi connectivity index (χ0v) is 15.9. The normalized spacial score (nSPS) is 11.1. The van der Waals surface area contributed by atoms with Gasteiger partial charge in [-0.1, -0.05) is 48.5 Å². The van der Waals surface area contributed by atoms with Crippen molar-refractivity contribution in [2.75, 3.05) is 13.7 Å². The van der Waals surface area contributed by atoms with Crippen molar-refractivity contribution in [2.24, 2.45) is 0 Å². The third-order valence-electron chi connectivity index (χ3n) is 4.45. The molecule has 0 saturated carbocycles. The Kier molecular flexibility index (Phi) is 5.14. The summed E-state index contributed by atoms with van der Waals surface area (Å²) in [5.41, 5.74) is 2.08. The number of hydrogen-bond donors (Lipinski definition) is 0. The number of benzene rings is 3. The Morgan fingerprint density at radius 1 is 1.04 bits per heavy atom. The zero-order chi connectivity index (χ0) is 18.6. The van der Waals surface area contributed by atoms with Crippen molar-refractivity contribution in [3.05, 3.63) is 77.3 Å². The van der Waals surface area contributed by atoms with Crippen LogP contribution in [-0.2, 0) is 22.7 Å². The van der Waals surface area contributed by atoms with E-state index in [1.54, 1.807) is 23.3 Å². The van der Waals surface area contributed by atoms with E-state index in [-0.39, 0.29) is 12.5 Å². The first-order valence-corrected chi connectivity index (χ1v) is 9.64. The SMILES string of the molecule is CN(Cc1ccc2ccccc2c1)C(=O)COCc1nc2ccccc2s1. The molecule has 0 aliphatic carbocycles. The van der Waals surface area contributed by atoms with Gasteiger partial charge >= 0.3 is 0 Å². The predicted molar refractivity (Wildman–Crippen MR) is 110 cm³/mol. The number of likely N-dealkylation sites (N-methyl/N-ethyl adjacent to an activating group) is 1. The van der Waals surface area contributed by atoms with E-state index in [4.69, 9.17) is 4.74 Å². The Morgan fingerprint density at radius 3 is 2.67 bits per heavy atom. The van der Waals surface area contributed by atoms with Crippen molar-refractivity contribution in [2.45, 2.75) is 13.2 Å². The second-order valence-corrected chi connectivity index (χ2v) is 7.61. The summed E-state index contributed by atoms with van der Waals surface area (Å²) in [6.45, 7) is 0.975. The summed E-state index contributed by atoms with van der Waals surface area (Å²) >= 11 is 1.60. The van der Waals surface area contributed by atoms with Crippen LogP contribution in [0.5, 0.6) is 0 Å². The molecule has 5 heteroatoms. The molecule has 3 aromatic carbocycles. The van der Waals surface area contributed by atoms with E-state index in [2.05, 4.69) is 35.3 Å². The number of carbonyl (C=O) groups excluding carboxylic acids is 1. The monoisotopic (exact) mass is 376 g/mol. The molecule has 27 heavy (non-hydrogen) atoms. The summed E-state index contributed by atoms with van der Waals surface area (Å²) < 4.78 is 6.73. The molecule has 0 radical (unpaired) electrons. The summed E-state index contributed by atoms with van der Waals surface area (Å²) in [5, 5.41) is 3.28. The molecule has 1 aromatic heterocycles. The maximum absolute atomic E-state index is 12.4. The van der Waals surface area contributed by atoms with Gasteiger partial charge < -0.3 is 9.64 Å². The van der Waals surface area contributed by atoms with Crippen LogP contribution in [0.15, 0.2) is 66.7 Å². The number of thiazole rings is 1. The minimum absolute atomic E-state index is 0.0377. The molecule has 0 unspecified atom stereocenters. The van der Waals surface area contributed by atoms with Crippen molar-refractivity contribution in [3.63, 3.8) is 0 Å².